The van der Waals surface area contributed by atoms with E-state index in [-0.39, 0.29) is 11.4 Å². The van der Waals surface area contributed by atoms with Crippen LogP contribution in [0.5, 0.6) is 0 Å². The molecule has 0 heterocycles. The molecule has 0 aliphatic rings. The number of rotatable bonds is 3. The number of aliphatic carboxylic acids is 1. The molecule has 0 aliphatic heterocycles. The van der Waals surface area contributed by atoms with E-state index < -0.39 is 5.97 Å². The van der Waals surface area contributed by atoms with Crippen LogP contribution in [-0.2, 0) is 4.79 Å². The SMILES string of the molecule is O=C(O)/C(=C\c1ccccc1)c1ccc(F)cc1. The Balaban J connectivity index is 2.44. The molecule has 0 radical (unpaired) electrons. The van der Waals surface area contributed by atoms with Crippen molar-refractivity contribution in [2.45, 2.75) is 0 Å². The monoisotopic (exact) mass is 242 g/mol. The number of benzene rings is 2. The van der Waals surface area contributed by atoms with Crippen LogP contribution in [0.2, 0.25) is 0 Å². The van der Waals surface area contributed by atoms with Crippen LogP contribution < -0.4 is 0 Å². The molecule has 90 valence electrons. The molecule has 2 nitrogen and oxygen atoms in total. The average molecular weight is 242 g/mol. The summed E-state index contributed by atoms with van der Waals surface area (Å²) in [5, 5.41) is 9.20. The Morgan fingerprint density at radius 1 is 1.00 bits per heavy atom. The molecule has 2 rings (SSSR count). The minimum atomic E-state index is -1.04. The fourth-order valence-corrected chi connectivity index (χ4v) is 1.61. The molecule has 2 aromatic carbocycles. The molecule has 0 aromatic heterocycles. The molecule has 1 N–H and O–H groups in total. The molecule has 0 aliphatic carbocycles. The van der Waals surface area contributed by atoms with Crippen LogP contribution in [0.15, 0.2) is 54.6 Å². The standard InChI is InChI=1S/C15H11FO2/c16-13-8-6-12(7-9-13)14(15(17)18)10-11-4-2-1-3-5-11/h1-10H,(H,17,18)/b14-10-. The average Bonchev–Trinajstić information content (AvgIpc) is 2.38. The molecule has 2 aromatic rings. The van der Waals surface area contributed by atoms with Crippen LogP contribution >= 0.6 is 0 Å². The van der Waals surface area contributed by atoms with Crippen LogP contribution in [0.1, 0.15) is 11.1 Å². The Morgan fingerprint density at radius 3 is 2.17 bits per heavy atom. The van der Waals surface area contributed by atoms with Gasteiger partial charge in [-0.2, -0.15) is 0 Å². The summed E-state index contributed by atoms with van der Waals surface area (Å²) in [4.78, 5) is 11.2. The van der Waals surface area contributed by atoms with Gasteiger partial charge in [-0.3, -0.25) is 0 Å². The molecule has 0 atom stereocenters. The largest absolute Gasteiger partial charge is 0.478 e. The predicted octanol–water partition coefficient (Wildman–Crippen LogP) is 3.45. The Labute approximate surface area is 104 Å². The van der Waals surface area contributed by atoms with Crippen molar-refractivity contribution in [1.29, 1.82) is 0 Å². The lowest BCUT2D eigenvalue weighted by Gasteiger charge is -2.03. The van der Waals surface area contributed by atoms with Gasteiger partial charge in [0.05, 0.1) is 5.57 Å². The van der Waals surface area contributed by atoms with Crippen LogP contribution in [-0.4, -0.2) is 11.1 Å². The van der Waals surface area contributed by atoms with Gasteiger partial charge < -0.3 is 5.11 Å². The summed E-state index contributed by atoms with van der Waals surface area (Å²) >= 11 is 0. The molecule has 0 saturated carbocycles. The lowest BCUT2D eigenvalue weighted by Crippen LogP contribution is -1.99. The van der Waals surface area contributed by atoms with Crippen molar-refractivity contribution < 1.29 is 14.3 Å². The molecule has 0 fully saturated rings. The van der Waals surface area contributed by atoms with Crippen LogP contribution in [0, 0.1) is 5.82 Å². The molecule has 0 amide bonds. The first-order valence-corrected chi connectivity index (χ1v) is 5.43. The van der Waals surface area contributed by atoms with E-state index in [0.717, 1.165) is 5.56 Å². The second kappa shape index (κ2) is 5.27. The molecule has 0 unspecified atom stereocenters. The minimum absolute atomic E-state index is 0.140. The summed E-state index contributed by atoms with van der Waals surface area (Å²) in [5.41, 5.74) is 1.41. The summed E-state index contributed by atoms with van der Waals surface area (Å²) in [6.07, 6.45) is 1.57. The summed E-state index contributed by atoms with van der Waals surface area (Å²) in [7, 11) is 0. The third kappa shape index (κ3) is 2.83. The van der Waals surface area contributed by atoms with Crippen molar-refractivity contribution >= 4 is 17.6 Å². The fraction of sp³-hybridized carbons (Fsp3) is 0. The second-order valence-corrected chi connectivity index (χ2v) is 3.78. The van der Waals surface area contributed by atoms with Gasteiger partial charge >= 0.3 is 5.97 Å². The van der Waals surface area contributed by atoms with Gasteiger partial charge in [-0.25, -0.2) is 9.18 Å². The minimum Gasteiger partial charge on any atom is -0.478 e. The summed E-state index contributed by atoms with van der Waals surface area (Å²) in [6, 6.07) is 14.5. The van der Waals surface area contributed by atoms with Crippen molar-refractivity contribution in [1.82, 2.24) is 0 Å². The number of hydrogen-bond donors (Lipinski definition) is 1. The van der Waals surface area contributed by atoms with E-state index in [2.05, 4.69) is 0 Å². The highest BCUT2D eigenvalue weighted by Gasteiger charge is 2.10. The van der Waals surface area contributed by atoms with Gasteiger partial charge in [-0.1, -0.05) is 42.5 Å². The molecule has 18 heavy (non-hydrogen) atoms. The van der Waals surface area contributed by atoms with Gasteiger partial charge in [0.25, 0.3) is 0 Å². The maximum atomic E-state index is 12.8. The zero-order valence-corrected chi connectivity index (χ0v) is 9.51. The highest BCUT2D eigenvalue weighted by molar-refractivity contribution is 6.20. The Bertz CT molecular complexity index is 571. The molecule has 0 bridgehead atoms. The van der Waals surface area contributed by atoms with Crippen molar-refractivity contribution in [3.05, 3.63) is 71.5 Å². The number of carboxylic acid groups (broad SMARTS) is 1. The topological polar surface area (TPSA) is 37.3 Å². The van der Waals surface area contributed by atoms with Crippen LogP contribution in [0.4, 0.5) is 4.39 Å². The van der Waals surface area contributed by atoms with Gasteiger partial charge in [-0.15, -0.1) is 0 Å². The fourth-order valence-electron chi connectivity index (χ4n) is 1.61. The van der Waals surface area contributed by atoms with E-state index >= 15 is 0 Å². The van der Waals surface area contributed by atoms with E-state index in [1.165, 1.54) is 24.3 Å². The number of carboxylic acids is 1. The Hall–Kier alpha value is -2.42. The number of hydrogen-bond acceptors (Lipinski definition) is 1. The maximum Gasteiger partial charge on any atom is 0.336 e. The van der Waals surface area contributed by atoms with Crippen molar-refractivity contribution in [3.8, 4) is 0 Å². The van der Waals surface area contributed by atoms with Gasteiger partial charge in [0, 0.05) is 0 Å². The van der Waals surface area contributed by atoms with Gasteiger partial charge in [0.2, 0.25) is 0 Å². The third-order valence-corrected chi connectivity index (χ3v) is 2.50. The first-order chi connectivity index (χ1) is 8.66. The maximum absolute atomic E-state index is 12.8. The summed E-state index contributed by atoms with van der Waals surface area (Å²) < 4.78 is 12.8. The van der Waals surface area contributed by atoms with E-state index in [4.69, 9.17) is 0 Å². The normalized spacial score (nSPS) is 11.3. The zero-order valence-electron chi connectivity index (χ0n) is 9.51. The molecular weight excluding hydrogens is 231 g/mol. The first kappa shape index (κ1) is 12.0. The first-order valence-electron chi connectivity index (χ1n) is 5.43. The van der Waals surface area contributed by atoms with E-state index in [1.807, 2.05) is 30.3 Å². The molecule has 3 heteroatoms. The second-order valence-electron chi connectivity index (χ2n) is 3.78. The van der Waals surface area contributed by atoms with Gasteiger partial charge in [0.1, 0.15) is 5.82 Å². The van der Waals surface area contributed by atoms with Gasteiger partial charge in [0.15, 0.2) is 0 Å². The smallest absolute Gasteiger partial charge is 0.336 e. The van der Waals surface area contributed by atoms with E-state index in [1.54, 1.807) is 6.08 Å². The lowest BCUT2D eigenvalue weighted by molar-refractivity contribution is -0.130. The van der Waals surface area contributed by atoms with Crippen molar-refractivity contribution in [2.24, 2.45) is 0 Å². The highest BCUT2D eigenvalue weighted by atomic mass is 19.1. The highest BCUT2D eigenvalue weighted by Crippen LogP contribution is 2.19. The van der Waals surface area contributed by atoms with E-state index in [0.29, 0.717) is 5.56 Å². The van der Waals surface area contributed by atoms with Crippen LogP contribution in [0.25, 0.3) is 11.6 Å². The zero-order chi connectivity index (χ0) is 13.0. The summed E-state index contributed by atoms with van der Waals surface area (Å²) in [5.74, 6) is -1.42. The Morgan fingerprint density at radius 2 is 1.61 bits per heavy atom. The quantitative estimate of drug-likeness (QED) is 0.661. The third-order valence-electron chi connectivity index (χ3n) is 2.50. The Kier molecular flexibility index (Phi) is 3.53. The predicted molar refractivity (Wildman–Crippen MR) is 68.3 cm³/mol. The molecule has 0 spiro atoms. The van der Waals surface area contributed by atoms with Crippen molar-refractivity contribution in [3.63, 3.8) is 0 Å². The van der Waals surface area contributed by atoms with Crippen molar-refractivity contribution in [2.75, 3.05) is 0 Å². The summed E-state index contributed by atoms with van der Waals surface area (Å²) in [6.45, 7) is 0. The molecule has 0 saturated heterocycles. The number of halogens is 1. The number of carbonyl (C=O) groups is 1. The lowest BCUT2D eigenvalue weighted by atomic mass is 10.0. The van der Waals surface area contributed by atoms with E-state index in [9.17, 15) is 14.3 Å². The van der Waals surface area contributed by atoms with Gasteiger partial charge in [-0.05, 0) is 29.3 Å². The van der Waals surface area contributed by atoms with Crippen LogP contribution in [0.3, 0.4) is 0 Å². The molecular formula is C15H11FO2.